The van der Waals surface area contributed by atoms with Gasteiger partial charge in [0.25, 0.3) is 5.69 Å². The van der Waals surface area contributed by atoms with Gasteiger partial charge in [-0.05, 0) is 51.7 Å². The number of pyridine rings is 1. The largest absolute Gasteiger partial charge is 0.367 e. The summed E-state index contributed by atoms with van der Waals surface area (Å²) in [5.41, 5.74) is 1.94. The fourth-order valence-electron chi connectivity index (χ4n) is 3.69. The van der Waals surface area contributed by atoms with Crippen molar-refractivity contribution >= 4 is 34.7 Å². The van der Waals surface area contributed by atoms with E-state index in [4.69, 9.17) is 28.2 Å². The summed E-state index contributed by atoms with van der Waals surface area (Å²) >= 11 is 12.7. The third-order valence-electron chi connectivity index (χ3n) is 5.49. The molecule has 0 aliphatic heterocycles. The van der Waals surface area contributed by atoms with Crippen molar-refractivity contribution in [2.45, 2.75) is 18.5 Å². The number of nitrogens with one attached hydrogen (secondary N) is 2. The number of rotatable bonds is 9. The third kappa shape index (κ3) is 5.78. The molecule has 0 aliphatic rings. The Bertz CT molecular complexity index is 1350. The number of hydrogen-bond acceptors (Lipinski definition) is 8. The zero-order valence-electron chi connectivity index (χ0n) is 19.5. The molecular weight excluding hydrogens is 503 g/mol. The number of H-pyrrole nitrogens is 1. The molecule has 0 spiro atoms. The van der Waals surface area contributed by atoms with Crippen molar-refractivity contribution in [2.24, 2.45) is 0 Å². The molecule has 3 aromatic heterocycles. The van der Waals surface area contributed by atoms with Crippen LogP contribution in [0.25, 0.3) is 22.6 Å². The van der Waals surface area contributed by atoms with Gasteiger partial charge >= 0.3 is 0 Å². The first-order chi connectivity index (χ1) is 17.2. The Kier molecular flexibility index (Phi) is 7.78. The Morgan fingerprint density at radius 1 is 1.14 bits per heavy atom. The van der Waals surface area contributed by atoms with Crippen LogP contribution in [0.4, 0.5) is 11.5 Å². The quantitative estimate of drug-likeness (QED) is 0.218. The lowest BCUT2D eigenvalue weighted by Crippen LogP contribution is -2.29. The van der Waals surface area contributed by atoms with Gasteiger partial charge in [0, 0.05) is 41.3 Å². The molecule has 185 valence electrons. The zero-order chi connectivity index (χ0) is 25.8. The molecule has 0 saturated carbocycles. The molecule has 2 unspecified atom stereocenters. The number of hydrogen-bond donors (Lipinski definition) is 2. The molecule has 0 fully saturated rings. The number of aromatic amines is 1. The highest BCUT2D eigenvalue weighted by Gasteiger charge is 2.24. The van der Waals surface area contributed by atoms with Crippen molar-refractivity contribution in [2.75, 3.05) is 19.4 Å². The number of anilines is 1. The molecule has 10 nitrogen and oxygen atoms in total. The van der Waals surface area contributed by atoms with Crippen molar-refractivity contribution < 1.29 is 4.92 Å². The number of imidazole rings is 1. The summed E-state index contributed by atoms with van der Waals surface area (Å²) in [5.74, 6) is 1.68. The average Bonchev–Trinajstić information content (AvgIpc) is 3.37. The van der Waals surface area contributed by atoms with E-state index in [1.807, 2.05) is 25.1 Å². The molecule has 2 N–H and O–H groups in total. The Morgan fingerprint density at radius 2 is 1.94 bits per heavy atom. The van der Waals surface area contributed by atoms with Crippen molar-refractivity contribution in [3.63, 3.8) is 0 Å². The van der Waals surface area contributed by atoms with Gasteiger partial charge in [0.05, 0.1) is 27.2 Å². The Labute approximate surface area is 217 Å². The maximum atomic E-state index is 10.9. The van der Waals surface area contributed by atoms with E-state index >= 15 is 0 Å². The highest BCUT2D eigenvalue weighted by molar-refractivity contribution is 6.36. The van der Waals surface area contributed by atoms with E-state index in [2.05, 4.69) is 32.2 Å². The lowest BCUT2D eigenvalue weighted by atomic mass is 10.0. The van der Waals surface area contributed by atoms with Crippen LogP contribution in [0, 0.1) is 17.0 Å². The smallest absolute Gasteiger partial charge is 0.287 e. The maximum Gasteiger partial charge on any atom is 0.287 e. The zero-order valence-corrected chi connectivity index (χ0v) is 21.0. The highest BCUT2D eigenvalue weighted by Crippen LogP contribution is 2.36. The monoisotopic (exact) mass is 525 g/mol. The summed E-state index contributed by atoms with van der Waals surface area (Å²) in [6, 6.07) is 7.69. The molecule has 0 amide bonds. The minimum absolute atomic E-state index is 0.0780. The molecule has 2 atom stereocenters. The number of nitro groups is 1. The van der Waals surface area contributed by atoms with E-state index in [0.29, 0.717) is 50.8 Å². The van der Waals surface area contributed by atoms with Crippen LogP contribution < -0.4 is 5.32 Å². The van der Waals surface area contributed by atoms with Crippen molar-refractivity contribution in [1.29, 1.82) is 0 Å². The first-order valence-corrected chi connectivity index (χ1v) is 11.7. The van der Waals surface area contributed by atoms with Gasteiger partial charge in [-0.15, -0.1) is 0 Å². The number of nitrogens with zero attached hydrogens (tertiary/aromatic N) is 6. The summed E-state index contributed by atoms with van der Waals surface area (Å²) < 4.78 is 0. The summed E-state index contributed by atoms with van der Waals surface area (Å²) in [7, 11) is 3.86. The van der Waals surface area contributed by atoms with Gasteiger partial charge in [-0.2, -0.15) is 0 Å². The van der Waals surface area contributed by atoms with E-state index in [1.165, 1.54) is 12.3 Å². The SMILES string of the molecule is [CH2]C(CC(c1ncc(-c2ncc[nH]2)c(-c2ccc(Cl)cc2Cl)n1)N(C)C)Nc1ccc([N+](=O)[O-])cn1. The van der Waals surface area contributed by atoms with Crippen LogP contribution in [-0.2, 0) is 0 Å². The highest BCUT2D eigenvalue weighted by atomic mass is 35.5. The summed E-state index contributed by atoms with van der Waals surface area (Å²) in [6.45, 7) is 4.18. The molecule has 4 rings (SSSR count). The van der Waals surface area contributed by atoms with Crippen molar-refractivity contribution in [3.05, 3.63) is 88.0 Å². The fourth-order valence-corrected chi connectivity index (χ4v) is 4.19. The van der Waals surface area contributed by atoms with E-state index in [-0.39, 0.29) is 17.8 Å². The van der Waals surface area contributed by atoms with Gasteiger partial charge in [-0.3, -0.25) is 15.0 Å². The predicted octanol–water partition coefficient (Wildman–Crippen LogP) is 5.45. The molecule has 12 heteroatoms. The molecule has 1 radical (unpaired) electrons. The minimum Gasteiger partial charge on any atom is -0.367 e. The molecule has 1 aromatic carbocycles. The van der Waals surface area contributed by atoms with Gasteiger partial charge in [0.2, 0.25) is 0 Å². The van der Waals surface area contributed by atoms with Crippen LogP contribution in [0.5, 0.6) is 0 Å². The Morgan fingerprint density at radius 3 is 2.56 bits per heavy atom. The van der Waals surface area contributed by atoms with E-state index in [9.17, 15) is 10.1 Å². The molecule has 4 aromatic rings. The van der Waals surface area contributed by atoms with Crippen LogP contribution in [0.3, 0.4) is 0 Å². The third-order valence-corrected chi connectivity index (χ3v) is 6.03. The summed E-state index contributed by atoms with van der Waals surface area (Å²) in [6.07, 6.45) is 6.84. The van der Waals surface area contributed by atoms with Gasteiger partial charge in [-0.1, -0.05) is 23.2 Å². The van der Waals surface area contributed by atoms with Crippen molar-refractivity contribution in [3.8, 4) is 22.6 Å². The number of halogens is 2. The van der Waals surface area contributed by atoms with Gasteiger partial charge in [0.15, 0.2) is 0 Å². The maximum absolute atomic E-state index is 10.9. The first-order valence-electron chi connectivity index (χ1n) is 10.9. The van der Waals surface area contributed by atoms with E-state index < -0.39 is 4.92 Å². The summed E-state index contributed by atoms with van der Waals surface area (Å²) in [5, 5.41) is 15.0. The standard InChI is InChI=1S/C24H23Cl2N8O2/c1-14(31-21-7-5-16(12-29-21)34(35)36)10-20(33(2)3)24-30-13-18(23-27-8-9-28-23)22(32-24)17-6-4-15(25)11-19(17)26/h4-9,11-14,20H,1,10H2,2-3H3,(H,27,28)(H,29,31). The molecular formula is C24H23Cl2N8O2. The van der Waals surface area contributed by atoms with Crippen LogP contribution in [0.1, 0.15) is 18.3 Å². The minimum atomic E-state index is -0.491. The fraction of sp³-hybridized carbons (Fsp3) is 0.208. The molecule has 3 heterocycles. The second-order valence-corrected chi connectivity index (χ2v) is 9.11. The Balaban J connectivity index is 1.65. The normalized spacial score (nSPS) is 12.9. The van der Waals surface area contributed by atoms with Crippen LogP contribution in [0.2, 0.25) is 10.0 Å². The predicted molar refractivity (Wildman–Crippen MR) is 140 cm³/mol. The van der Waals surface area contributed by atoms with Crippen LogP contribution >= 0.6 is 23.2 Å². The topological polar surface area (TPSA) is 126 Å². The van der Waals surface area contributed by atoms with Crippen molar-refractivity contribution in [1.82, 2.24) is 29.8 Å². The van der Waals surface area contributed by atoms with Gasteiger partial charge in [0.1, 0.15) is 23.7 Å². The number of aromatic nitrogens is 5. The van der Waals surface area contributed by atoms with Crippen LogP contribution in [-0.4, -0.2) is 54.9 Å². The van der Waals surface area contributed by atoms with Gasteiger partial charge < -0.3 is 10.3 Å². The molecule has 0 bridgehead atoms. The lowest BCUT2D eigenvalue weighted by molar-refractivity contribution is -0.385. The van der Waals surface area contributed by atoms with E-state index in [0.717, 1.165) is 0 Å². The lowest BCUT2D eigenvalue weighted by Gasteiger charge is -2.27. The Hall–Kier alpha value is -3.60. The molecule has 0 saturated heterocycles. The average molecular weight is 526 g/mol. The van der Waals surface area contributed by atoms with Crippen LogP contribution in [0.15, 0.2) is 55.1 Å². The molecule has 0 aliphatic carbocycles. The van der Waals surface area contributed by atoms with Gasteiger partial charge in [-0.25, -0.2) is 19.9 Å². The second kappa shape index (κ2) is 11.0. The summed E-state index contributed by atoms with van der Waals surface area (Å²) in [4.78, 5) is 33.5. The van der Waals surface area contributed by atoms with E-state index in [1.54, 1.807) is 36.8 Å². The first kappa shape index (κ1) is 25.5. The second-order valence-electron chi connectivity index (χ2n) is 8.27. The molecule has 36 heavy (non-hydrogen) atoms. The number of benzene rings is 1.